The molecule has 0 spiro atoms. The Kier molecular flexibility index (Phi) is 3.84. The van der Waals surface area contributed by atoms with Gasteiger partial charge in [0, 0.05) is 5.56 Å². The summed E-state index contributed by atoms with van der Waals surface area (Å²) in [7, 11) is 0. The zero-order valence-electron chi connectivity index (χ0n) is 11.2. The van der Waals surface area contributed by atoms with E-state index in [0.29, 0.717) is 23.3 Å². The van der Waals surface area contributed by atoms with Gasteiger partial charge in [0.25, 0.3) is 6.47 Å². The molecule has 0 aliphatic carbocycles. The van der Waals surface area contributed by atoms with Crippen molar-refractivity contribution in [2.75, 3.05) is 0 Å². The Bertz CT molecular complexity index is 674. The van der Waals surface area contributed by atoms with Crippen molar-refractivity contribution in [3.63, 3.8) is 0 Å². The highest BCUT2D eigenvalue weighted by Crippen LogP contribution is 2.33. The van der Waals surface area contributed by atoms with Crippen molar-refractivity contribution < 1.29 is 19.4 Å². The lowest BCUT2D eigenvalue weighted by Crippen LogP contribution is -2.01. The van der Waals surface area contributed by atoms with Crippen LogP contribution >= 0.6 is 0 Å². The molecule has 0 aromatic heterocycles. The molecule has 0 unspecified atom stereocenters. The van der Waals surface area contributed by atoms with Gasteiger partial charge in [0.15, 0.2) is 0 Å². The van der Waals surface area contributed by atoms with Gasteiger partial charge in [0.2, 0.25) is 0 Å². The lowest BCUT2D eigenvalue weighted by Gasteiger charge is -2.12. The second-order valence-corrected chi connectivity index (χ2v) is 4.57. The summed E-state index contributed by atoms with van der Waals surface area (Å²) < 4.78 is 4.96. The number of carbonyl (C=O) groups is 2. The summed E-state index contributed by atoms with van der Waals surface area (Å²) in [4.78, 5) is 22.0. The molecule has 0 fully saturated rings. The van der Waals surface area contributed by atoms with Crippen LogP contribution in [0.25, 0.3) is 11.1 Å². The molecule has 1 N–H and O–H groups in total. The Morgan fingerprint density at radius 2 is 1.65 bits per heavy atom. The van der Waals surface area contributed by atoms with E-state index < -0.39 is 5.97 Å². The highest BCUT2D eigenvalue weighted by atomic mass is 16.5. The predicted molar refractivity (Wildman–Crippen MR) is 75.0 cm³/mol. The van der Waals surface area contributed by atoms with Crippen molar-refractivity contribution in [1.82, 2.24) is 0 Å². The molecule has 20 heavy (non-hydrogen) atoms. The van der Waals surface area contributed by atoms with E-state index in [-0.39, 0.29) is 5.56 Å². The monoisotopic (exact) mass is 270 g/mol. The first-order valence-corrected chi connectivity index (χ1v) is 6.08. The predicted octanol–water partition coefficient (Wildman–Crippen LogP) is 3.20. The average molecular weight is 270 g/mol. The van der Waals surface area contributed by atoms with Crippen molar-refractivity contribution in [2.45, 2.75) is 13.8 Å². The first-order valence-electron chi connectivity index (χ1n) is 6.08. The van der Waals surface area contributed by atoms with Gasteiger partial charge in [0.1, 0.15) is 5.75 Å². The molecule has 0 atom stereocenters. The lowest BCUT2D eigenvalue weighted by atomic mass is 9.96. The number of aromatic carboxylic acids is 1. The minimum absolute atomic E-state index is 0.185. The van der Waals surface area contributed by atoms with Crippen LogP contribution in [-0.4, -0.2) is 17.5 Å². The fraction of sp³-hybridized carbons (Fsp3) is 0.125. The number of rotatable bonds is 4. The van der Waals surface area contributed by atoms with Crippen LogP contribution in [0.1, 0.15) is 21.5 Å². The van der Waals surface area contributed by atoms with E-state index >= 15 is 0 Å². The Labute approximate surface area is 116 Å². The van der Waals surface area contributed by atoms with Crippen molar-refractivity contribution in [3.05, 3.63) is 53.1 Å². The maximum absolute atomic E-state index is 11.4. The third-order valence-electron chi connectivity index (χ3n) is 3.01. The number of ether oxygens (including phenoxy) is 1. The van der Waals surface area contributed by atoms with Crippen molar-refractivity contribution in [2.24, 2.45) is 0 Å². The molecule has 2 rings (SSSR count). The summed E-state index contributed by atoms with van der Waals surface area (Å²) in [5, 5.41) is 9.32. The van der Waals surface area contributed by atoms with E-state index in [1.165, 1.54) is 0 Å². The molecule has 2 aromatic rings. The molecule has 4 heteroatoms. The van der Waals surface area contributed by atoms with Crippen LogP contribution in [0.15, 0.2) is 36.4 Å². The molecule has 2 aromatic carbocycles. The van der Waals surface area contributed by atoms with Gasteiger partial charge in [-0.05, 0) is 37.1 Å². The highest BCUT2D eigenvalue weighted by molar-refractivity contribution is 5.97. The number of carboxylic acid groups (broad SMARTS) is 1. The van der Waals surface area contributed by atoms with Gasteiger partial charge in [-0.25, -0.2) is 4.79 Å². The summed E-state index contributed by atoms with van der Waals surface area (Å²) in [5.74, 6) is -0.660. The number of hydrogen-bond acceptors (Lipinski definition) is 3. The first kappa shape index (κ1) is 13.8. The Hall–Kier alpha value is -2.62. The number of carbonyl (C=O) groups excluding carboxylic acids is 1. The van der Waals surface area contributed by atoms with Crippen LogP contribution < -0.4 is 4.74 Å². The molecule has 4 nitrogen and oxygen atoms in total. The summed E-state index contributed by atoms with van der Waals surface area (Å²) >= 11 is 0. The zero-order valence-corrected chi connectivity index (χ0v) is 11.2. The standard InChI is InChI=1S/C16H14O4/c1-10-3-5-12(14(7-10)16(18)19)13-6-4-11(2)8-15(13)20-9-17/h3-9H,1-2H3,(H,18,19). The molecule has 0 saturated carbocycles. The largest absolute Gasteiger partial charge is 0.478 e. The number of benzene rings is 2. The van der Waals surface area contributed by atoms with Gasteiger partial charge in [-0.1, -0.05) is 29.8 Å². The normalized spacial score (nSPS) is 10.1. The molecule has 0 radical (unpaired) electrons. The fourth-order valence-electron chi connectivity index (χ4n) is 2.07. The molecule has 0 amide bonds. The molecule has 0 aliphatic heterocycles. The Balaban J connectivity index is 2.67. The van der Waals surface area contributed by atoms with Gasteiger partial charge in [-0.15, -0.1) is 0 Å². The number of aryl methyl sites for hydroxylation is 2. The SMILES string of the molecule is Cc1ccc(-c2ccc(C)cc2C(=O)O)c(OC=O)c1. The third-order valence-corrected chi connectivity index (χ3v) is 3.01. The van der Waals surface area contributed by atoms with E-state index in [9.17, 15) is 14.7 Å². The quantitative estimate of drug-likeness (QED) is 0.866. The topological polar surface area (TPSA) is 63.6 Å². The second kappa shape index (κ2) is 5.57. The van der Waals surface area contributed by atoms with Gasteiger partial charge >= 0.3 is 5.97 Å². The zero-order chi connectivity index (χ0) is 14.7. The molecule has 102 valence electrons. The van der Waals surface area contributed by atoms with Crippen molar-refractivity contribution in [3.8, 4) is 16.9 Å². The van der Waals surface area contributed by atoms with E-state index in [4.69, 9.17) is 4.74 Å². The molecular formula is C16H14O4. The number of carboxylic acids is 1. The summed E-state index contributed by atoms with van der Waals surface area (Å²) in [6.45, 7) is 4.04. The van der Waals surface area contributed by atoms with Crippen LogP contribution in [0.2, 0.25) is 0 Å². The van der Waals surface area contributed by atoms with Gasteiger partial charge in [-0.3, -0.25) is 4.79 Å². The first-order chi connectivity index (χ1) is 9.52. The third kappa shape index (κ3) is 2.69. The van der Waals surface area contributed by atoms with Crippen molar-refractivity contribution >= 4 is 12.4 Å². The minimum atomic E-state index is -1.01. The van der Waals surface area contributed by atoms with Crippen LogP contribution in [0.5, 0.6) is 5.75 Å². The molecule has 0 aliphatic rings. The van der Waals surface area contributed by atoms with Crippen LogP contribution in [-0.2, 0) is 4.79 Å². The van der Waals surface area contributed by atoms with Crippen LogP contribution in [0, 0.1) is 13.8 Å². The fourth-order valence-corrected chi connectivity index (χ4v) is 2.07. The smallest absolute Gasteiger partial charge is 0.336 e. The van der Waals surface area contributed by atoms with E-state index in [0.717, 1.165) is 11.1 Å². The maximum atomic E-state index is 11.4. The molecular weight excluding hydrogens is 256 g/mol. The van der Waals surface area contributed by atoms with Crippen LogP contribution in [0.4, 0.5) is 0 Å². The van der Waals surface area contributed by atoms with E-state index in [2.05, 4.69) is 0 Å². The van der Waals surface area contributed by atoms with Gasteiger partial charge in [0.05, 0.1) is 5.56 Å². The summed E-state index contributed by atoms with van der Waals surface area (Å²) in [6, 6.07) is 10.5. The van der Waals surface area contributed by atoms with E-state index in [1.807, 2.05) is 26.0 Å². The highest BCUT2D eigenvalue weighted by Gasteiger charge is 2.15. The van der Waals surface area contributed by atoms with Crippen LogP contribution in [0.3, 0.4) is 0 Å². The van der Waals surface area contributed by atoms with E-state index in [1.54, 1.807) is 24.3 Å². The lowest BCUT2D eigenvalue weighted by molar-refractivity contribution is -0.120. The van der Waals surface area contributed by atoms with Crippen molar-refractivity contribution in [1.29, 1.82) is 0 Å². The molecule has 0 bridgehead atoms. The maximum Gasteiger partial charge on any atom is 0.336 e. The summed E-state index contributed by atoms with van der Waals surface area (Å²) in [6.07, 6.45) is 0. The molecule has 0 heterocycles. The Morgan fingerprint density at radius 1 is 1.05 bits per heavy atom. The van der Waals surface area contributed by atoms with Gasteiger partial charge < -0.3 is 9.84 Å². The summed E-state index contributed by atoms with van der Waals surface area (Å²) in [5.41, 5.74) is 3.08. The average Bonchev–Trinajstić information content (AvgIpc) is 2.40. The Morgan fingerprint density at radius 3 is 2.25 bits per heavy atom. The van der Waals surface area contributed by atoms with Gasteiger partial charge in [-0.2, -0.15) is 0 Å². The second-order valence-electron chi connectivity index (χ2n) is 4.57. The minimum Gasteiger partial charge on any atom is -0.478 e. The molecule has 0 saturated heterocycles. The number of hydrogen-bond donors (Lipinski definition) is 1.